The number of rotatable bonds is 8. The molecule has 1 unspecified atom stereocenters. The first-order valence-electron chi connectivity index (χ1n) is 6.89. The van der Waals surface area contributed by atoms with E-state index < -0.39 is 0 Å². The number of likely N-dealkylation sites (N-methyl/N-ethyl adjacent to an activating group) is 1. The van der Waals surface area contributed by atoms with Crippen molar-refractivity contribution in [1.82, 2.24) is 15.5 Å². The van der Waals surface area contributed by atoms with E-state index in [-0.39, 0.29) is 11.3 Å². The first-order valence-corrected chi connectivity index (χ1v) is 6.89. The second-order valence-electron chi connectivity index (χ2n) is 4.92. The highest BCUT2D eigenvalue weighted by Gasteiger charge is 2.41. The molecular formula is C13H27N3O2. The van der Waals surface area contributed by atoms with E-state index in [2.05, 4.69) is 29.4 Å². The first-order chi connectivity index (χ1) is 8.68. The van der Waals surface area contributed by atoms with Crippen LogP contribution in [0.15, 0.2) is 0 Å². The highest BCUT2D eigenvalue weighted by molar-refractivity contribution is 5.83. The van der Waals surface area contributed by atoms with Gasteiger partial charge in [0.2, 0.25) is 5.91 Å². The molecule has 5 heteroatoms. The molecule has 1 fully saturated rings. The van der Waals surface area contributed by atoms with Crippen molar-refractivity contribution in [3.63, 3.8) is 0 Å². The van der Waals surface area contributed by atoms with Crippen LogP contribution in [0.2, 0.25) is 0 Å². The van der Waals surface area contributed by atoms with Crippen molar-refractivity contribution in [3.05, 3.63) is 0 Å². The molecule has 1 amide bonds. The van der Waals surface area contributed by atoms with Gasteiger partial charge in [0, 0.05) is 26.7 Å². The molecule has 1 heterocycles. The lowest BCUT2D eigenvalue weighted by molar-refractivity contribution is -0.133. The molecule has 0 aromatic carbocycles. The summed E-state index contributed by atoms with van der Waals surface area (Å²) in [5, 5.41) is 6.30. The Morgan fingerprint density at radius 2 is 2.17 bits per heavy atom. The predicted molar refractivity (Wildman–Crippen MR) is 72.6 cm³/mol. The Balaban J connectivity index is 2.38. The average Bonchev–Trinajstić information content (AvgIpc) is 2.85. The van der Waals surface area contributed by atoms with Gasteiger partial charge in [-0.25, -0.2) is 0 Å². The van der Waals surface area contributed by atoms with Crippen LogP contribution in [0.3, 0.4) is 0 Å². The summed E-state index contributed by atoms with van der Waals surface area (Å²) in [5.74, 6) is 0.126. The predicted octanol–water partition coefficient (Wildman–Crippen LogP) is 0.0705. The number of hydrogen-bond donors (Lipinski definition) is 2. The lowest BCUT2D eigenvalue weighted by Crippen LogP contribution is -2.47. The third-order valence-electron chi connectivity index (χ3n) is 3.75. The number of nitrogens with one attached hydrogen (secondary N) is 2. The Morgan fingerprint density at radius 3 is 2.67 bits per heavy atom. The van der Waals surface area contributed by atoms with Crippen molar-refractivity contribution in [1.29, 1.82) is 0 Å². The second kappa shape index (κ2) is 7.71. The fraction of sp³-hybridized carbons (Fsp3) is 0.923. The molecule has 0 aliphatic carbocycles. The average molecular weight is 257 g/mol. The molecule has 1 atom stereocenters. The number of amides is 1. The molecule has 0 spiro atoms. The van der Waals surface area contributed by atoms with Gasteiger partial charge in [-0.1, -0.05) is 13.8 Å². The van der Waals surface area contributed by atoms with Gasteiger partial charge < -0.3 is 20.3 Å². The van der Waals surface area contributed by atoms with Gasteiger partial charge in [0.05, 0.1) is 12.0 Å². The zero-order valence-corrected chi connectivity index (χ0v) is 11.9. The van der Waals surface area contributed by atoms with Gasteiger partial charge in [-0.15, -0.1) is 0 Å². The third kappa shape index (κ3) is 3.93. The summed E-state index contributed by atoms with van der Waals surface area (Å²) in [4.78, 5) is 14.6. The molecule has 0 aromatic rings. The molecule has 0 aromatic heterocycles. The van der Waals surface area contributed by atoms with Gasteiger partial charge in [-0.3, -0.25) is 4.79 Å². The van der Waals surface area contributed by atoms with Crippen molar-refractivity contribution < 1.29 is 9.53 Å². The monoisotopic (exact) mass is 257 g/mol. The molecule has 0 bridgehead atoms. The van der Waals surface area contributed by atoms with Gasteiger partial charge in [0.25, 0.3) is 0 Å². The fourth-order valence-electron chi connectivity index (χ4n) is 2.46. The van der Waals surface area contributed by atoms with Crippen molar-refractivity contribution >= 4 is 5.91 Å². The summed E-state index contributed by atoms with van der Waals surface area (Å²) < 4.78 is 5.21. The molecule has 5 nitrogen and oxygen atoms in total. The summed E-state index contributed by atoms with van der Waals surface area (Å²) in [6.45, 7) is 10.1. The number of nitrogens with zero attached hydrogens (tertiary/aromatic N) is 1. The van der Waals surface area contributed by atoms with E-state index in [4.69, 9.17) is 4.74 Å². The van der Waals surface area contributed by atoms with Gasteiger partial charge in [-0.2, -0.15) is 0 Å². The topological polar surface area (TPSA) is 53.6 Å². The van der Waals surface area contributed by atoms with Crippen LogP contribution in [-0.2, 0) is 9.53 Å². The third-order valence-corrected chi connectivity index (χ3v) is 3.75. The maximum Gasteiger partial charge on any atom is 0.229 e. The molecule has 2 N–H and O–H groups in total. The van der Waals surface area contributed by atoms with Crippen LogP contribution in [0.25, 0.3) is 0 Å². The smallest absolute Gasteiger partial charge is 0.229 e. The van der Waals surface area contributed by atoms with Crippen LogP contribution < -0.4 is 10.6 Å². The minimum Gasteiger partial charge on any atom is -0.384 e. The van der Waals surface area contributed by atoms with Crippen LogP contribution in [0.4, 0.5) is 0 Å². The minimum atomic E-state index is -0.363. The summed E-state index contributed by atoms with van der Waals surface area (Å²) in [6.07, 6.45) is 0.859. The molecule has 0 saturated carbocycles. The van der Waals surface area contributed by atoms with Crippen molar-refractivity contribution in [2.24, 2.45) is 5.41 Å². The highest BCUT2D eigenvalue weighted by Crippen LogP contribution is 2.25. The van der Waals surface area contributed by atoms with E-state index in [1.165, 1.54) is 0 Å². The SMILES string of the molecule is CCN(CC)CCNC(=O)C1(COC)CCNC1. The molecule has 1 aliphatic rings. The van der Waals surface area contributed by atoms with Gasteiger partial charge >= 0.3 is 0 Å². The van der Waals surface area contributed by atoms with Crippen LogP contribution in [0, 0.1) is 5.41 Å². The highest BCUT2D eigenvalue weighted by atomic mass is 16.5. The van der Waals surface area contributed by atoms with Crippen molar-refractivity contribution in [2.75, 3.05) is 53.0 Å². The van der Waals surface area contributed by atoms with Crippen molar-refractivity contribution in [3.8, 4) is 0 Å². The Hall–Kier alpha value is -0.650. The van der Waals surface area contributed by atoms with E-state index in [9.17, 15) is 4.79 Å². The Labute approximate surface area is 110 Å². The number of hydrogen-bond acceptors (Lipinski definition) is 4. The van der Waals surface area contributed by atoms with E-state index in [0.717, 1.165) is 39.1 Å². The number of carbonyl (C=O) groups excluding carboxylic acids is 1. The fourth-order valence-corrected chi connectivity index (χ4v) is 2.46. The standard InChI is InChI=1S/C13H27N3O2/c1-4-16(5-2)9-8-15-12(17)13(11-18-3)6-7-14-10-13/h14H,4-11H2,1-3H3,(H,15,17). The Kier molecular flexibility index (Phi) is 6.60. The van der Waals surface area contributed by atoms with Gasteiger partial charge in [0.1, 0.15) is 0 Å². The molecule has 0 radical (unpaired) electrons. The summed E-state index contributed by atoms with van der Waals surface area (Å²) in [7, 11) is 1.66. The Bertz CT molecular complexity index is 249. The van der Waals surface area contributed by atoms with Crippen LogP contribution in [0.5, 0.6) is 0 Å². The molecule has 18 heavy (non-hydrogen) atoms. The molecule has 1 aliphatic heterocycles. The summed E-state index contributed by atoms with van der Waals surface area (Å²) in [5.41, 5.74) is -0.363. The normalized spacial score (nSPS) is 23.6. The van der Waals surface area contributed by atoms with Crippen LogP contribution in [-0.4, -0.2) is 63.8 Å². The van der Waals surface area contributed by atoms with Crippen LogP contribution >= 0.6 is 0 Å². The van der Waals surface area contributed by atoms with Crippen molar-refractivity contribution in [2.45, 2.75) is 20.3 Å². The minimum absolute atomic E-state index is 0.126. The lowest BCUT2D eigenvalue weighted by atomic mass is 9.87. The zero-order valence-electron chi connectivity index (χ0n) is 11.9. The largest absolute Gasteiger partial charge is 0.384 e. The maximum atomic E-state index is 12.3. The second-order valence-corrected chi connectivity index (χ2v) is 4.92. The number of methoxy groups -OCH3 is 1. The van der Waals surface area contributed by atoms with Crippen LogP contribution in [0.1, 0.15) is 20.3 Å². The lowest BCUT2D eigenvalue weighted by Gasteiger charge is -2.27. The first kappa shape index (κ1) is 15.4. The van der Waals surface area contributed by atoms with Gasteiger partial charge in [-0.05, 0) is 26.1 Å². The summed E-state index contributed by atoms with van der Waals surface area (Å²) in [6, 6.07) is 0. The zero-order chi connectivity index (χ0) is 13.4. The number of ether oxygens (including phenoxy) is 1. The van der Waals surface area contributed by atoms with E-state index in [1.807, 2.05) is 0 Å². The molecule has 106 valence electrons. The quantitative estimate of drug-likeness (QED) is 0.646. The Morgan fingerprint density at radius 1 is 1.44 bits per heavy atom. The van der Waals surface area contributed by atoms with E-state index >= 15 is 0 Å². The number of carbonyl (C=O) groups is 1. The van der Waals surface area contributed by atoms with E-state index in [1.54, 1.807) is 7.11 Å². The molecular weight excluding hydrogens is 230 g/mol. The molecule has 1 rings (SSSR count). The maximum absolute atomic E-state index is 12.3. The summed E-state index contributed by atoms with van der Waals surface area (Å²) >= 11 is 0. The van der Waals surface area contributed by atoms with E-state index in [0.29, 0.717) is 13.2 Å². The molecule has 1 saturated heterocycles. The van der Waals surface area contributed by atoms with Gasteiger partial charge in [0.15, 0.2) is 0 Å².